The molecule has 1 aliphatic heterocycles. The number of nitrogens with zero attached hydrogens (tertiary/aromatic N) is 4. The molecule has 1 atom stereocenters. The summed E-state index contributed by atoms with van der Waals surface area (Å²) in [5, 5.41) is 15.1. The predicted octanol–water partition coefficient (Wildman–Crippen LogP) is 4.56. The van der Waals surface area contributed by atoms with Gasteiger partial charge in [0.15, 0.2) is 0 Å². The molecule has 1 N–H and O–H groups in total. The molecule has 1 aliphatic rings. The van der Waals surface area contributed by atoms with Gasteiger partial charge in [0.2, 0.25) is 17.2 Å². The fourth-order valence-corrected chi connectivity index (χ4v) is 6.50. The van der Waals surface area contributed by atoms with Crippen molar-refractivity contribution in [3.05, 3.63) is 63.8 Å². The van der Waals surface area contributed by atoms with Crippen LogP contribution < -0.4 is 10.2 Å². The Labute approximate surface area is 246 Å². The average molecular weight is 595 g/mol. The zero-order valence-corrected chi connectivity index (χ0v) is 25.1. The molecular weight excluding hydrogens is 560 g/mol. The third-order valence-electron chi connectivity index (χ3n) is 7.85. The first-order valence-electron chi connectivity index (χ1n) is 13.7. The van der Waals surface area contributed by atoms with Gasteiger partial charge in [0.25, 0.3) is 0 Å². The van der Waals surface area contributed by atoms with Gasteiger partial charge in [-0.15, -0.1) is 11.3 Å². The minimum absolute atomic E-state index is 0.0399. The molecule has 0 spiro atoms. The highest BCUT2D eigenvalue weighted by Gasteiger charge is 2.37. The van der Waals surface area contributed by atoms with Crippen LogP contribution in [0.25, 0.3) is 21.0 Å². The largest absolute Gasteiger partial charge is 0.496 e. The van der Waals surface area contributed by atoms with Crippen molar-refractivity contribution in [1.29, 1.82) is 0 Å². The zero-order chi connectivity index (χ0) is 30.2. The summed E-state index contributed by atoms with van der Waals surface area (Å²) in [6, 6.07) is 7.55. The number of hydrogen-bond acceptors (Lipinski definition) is 9. The molecule has 1 fully saturated rings. The number of rotatable bonds is 9. The summed E-state index contributed by atoms with van der Waals surface area (Å²) in [4.78, 5) is 45.3. The van der Waals surface area contributed by atoms with Crippen LogP contribution in [-0.4, -0.2) is 63.0 Å². The summed E-state index contributed by atoms with van der Waals surface area (Å²) in [5.74, 6) is -0.116. The van der Waals surface area contributed by atoms with Crippen LogP contribution in [0.2, 0.25) is 0 Å². The summed E-state index contributed by atoms with van der Waals surface area (Å²) >= 11 is 1.31. The van der Waals surface area contributed by atoms with E-state index in [0.717, 1.165) is 5.56 Å². The molecule has 4 aromatic rings. The van der Waals surface area contributed by atoms with E-state index in [1.165, 1.54) is 37.6 Å². The second-order valence-corrected chi connectivity index (χ2v) is 11.9. The topological polar surface area (TPSA) is 137 Å². The first-order valence-corrected chi connectivity index (χ1v) is 14.6. The fourth-order valence-electron chi connectivity index (χ4n) is 5.29. The molecule has 11 nitrogen and oxygen atoms in total. The Morgan fingerprint density at radius 1 is 1.24 bits per heavy atom. The van der Waals surface area contributed by atoms with E-state index in [1.54, 1.807) is 25.6 Å². The normalized spacial score (nSPS) is 15.2. The van der Waals surface area contributed by atoms with Crippen molar-refractivity contribution in [1.82, 2.24) is 19.7 Å². The molecule has 4 heterocycles. The summed E-state index contributed by atoms with van der Waals surface area (Å²) in [5.41, 5.74) is -0.622. The maximum absolute atomic E-state index is 13.8. The lowest BCUT2D eigenvalue weighted by Gasteiger charge is -2.34. The molecule has 1 saturated heterocycles. The number of piperidine rings is 1. The van der Waals surface area contributed by atoms with Crippen molar-refractivity contribution in [2.75, 3.05) is 20.2 Å². The van der Waals surface area contributed by atoms with Gasteiger partial charge < -0.3 is 23.9 Å². The molecule has 0 radical (unpaired) electrons. The lowest BCUT2D eigenvalue weighted by atomic mass is 9.88. The number of amides is 1. The maximum atomic E-state index is 13.8. The molecule has 3 aromatic heterocycles. The molecule has 1 aromatic carbocycles. The van der Waals surface area contributed by atoms with Crippen molar-refractivity contribution in [3.63, 3.8) is 0 Å². The number of aliphatic carboxylic acids is 1. The number of carbonyl (C=O) groups excluding carboxylic acids is 1. The molecule has 222 valence electrons. The van der Waals surface area contributed by atoms with Gasteiger partial charge >= 0.3 is 5.97 Å². The van der Waals surface area contributed by atoms with Gasteiger partial charge in [-0.1, -0.05) is 18.2 Å². The average Bonchev–Trinajstić information content (AvgIpc) is 3.62. The molecule has 5 rings (SSSR count). The van der Waals surface area contributed by atoms with E-state index in [9.17, 15) is 19.5 Å². The number of aromatic nitrogens is 3. The Kier molecular flexibility index (Phi) is 8.20. The number of fused-ring (bicyclic) bond motifs is 1. The summed E-state index contributed by atoms with van der Waals surface area (Å²) in [7, 11) is 1.59. The number of ether oxygens (including phenoxy) is 2. The quantitative estimate of drug-likeness (QED) is 0.296. The van der Waals surface area contributed by atoms with Gasteiger partial charge in [-0.25, -0.2) is 4.98 Å². The molecule has 42 heavy (non-hydrogen) atoms. The third-order valence-corrected chi connectivity index (χ3v) is 9.14. The number of hydrogen-bond donors (Lipinski definition) is 1. The van der Waals surface area contributed by atoms with E-state index in [2.05, 4.69) is 10.1 Å². The van der Waals surface area contributed by atoms with Crippen molar-refractivity contribution in [2.24, 2.45) is 0 Å². The number of carboxylic acids is 1. The summed E-state index contributed by atoms with van der Waals surface area (Å²) in [6.07, 6.45) is 3.65. The lowest BCUT2D eigenvalue weighted by molar-refractivity contribution is -0.142. The Morgan fingerprint density at radius 2 is 1.95 bits per heavy atom. The summed E-state index contributed by atoms with van der Waals surface area (Å²) < 4.78 is 19.6. The van der Waals surface area contributed by atoms with Crippen molar-refractivity contribution < 1.29 is 28.6 Å². The van der Waals surface area contributed by atoms with Gasteiger partial charge in [0, 0.05) is 25.6 Å². The number of carbonyl (C=O) groups is 2. The van der Waals surface area contributed by atoms with Crippen LogP contribution in [0.15, 0.2) is 45.9 Å². The molecule has 0 bridgehead atoms. The first kappa shape index (κ1) is 29.5. The second kappa shape index (κ2) is 11.7. The van der Waals surface area contributed by atoms with Gasteiger partial charge in [-0.3, -0.25) is 19.1 Å². The monoisotopic (exact) mass is 594 g/mol. The lowest BCUT2D eigenvalue weighted by Crippen LogP contribution is -2.40. The van der Waals surface area contributed by atoms with Crippen LogP contribution in [0.3, 0.4) is 0 Å². The van der Waals surface area contributed by atoms with Gasteiger partial charge in [0.05, 0.1) is 36.2 Å². The van der Waals surface area contributed by atoms with Gasteiger partial charge in [0.1, 0.15) is 34.1 Å². The van der Waals surface area contributed by atoms with E-state index >= 15 is 0 Å². The van der Waals surface area contributed by atoms with Crippen LogP contribution in [0.1, 0.15) is 56.5 Å². The van der Waals surface area contributed by atoms with Crippen molar-refractivity contribution >= 4 is 33.4 Å². The van der Waals surface area contributed by atoms with Crippen LogP contribution >= 0.6 is 11.3 Å². The fraction of sp³-hybridized carbons (Fsp3) is 0.433. The third kappa shape index (κ3) is 5.43. The van der Waals surface area contributed by atoms with Crippen LogP contribution in [-0.2, 0) is 26.3 Å². The van der Waals surface area contributed by atoms with E-state index in [4.69, 9.17) is 13.9 Å². The standard InChI is InChI=1S/C30H34N4O7S/c1-17-23-24(36)26(30(3,4)29(37)38)32-34(28(23)42-25(17)27-31-12-15-40-27)16-22(20-8-6-7-9-21(20)39-5)41-19-10-13-33(14-11-19)18(2)35/h6-9,12,15,19,22H,10-11,13-14,16H2,1-5H3,(H,37,38). The molecule has 1 amide bonds. The second-order valence-electron chi connectivity index (χ2n) is 10.9. The highest BCUT2D eigenvalue weighted by molar-refractivity contribution is 7.22. The Bertz CT molecular complexity index is 1670. The van der Waals surface area contributed by atoms with Crippen molar-refractivity contribution in [3.8, 4) is 16.5 Å². The highest BCUT2D eigenvalue weighted by atomic mass is 32.1. The van der Waals surface area contributed by atoms with Crippen molar-refractivity contribution in [2.45, 2.75) is 64.7 Å². The molecule has 1 unspecified atom stereocenters. The molecule has 0 saturated carbocycles. The Hall–Kier alpha value is -4.03. The smallest absolute Gasteiger partial charge is 0.315 e. The number of likely N-dealkylation sites (tertiary alicyclic amines) is 1. The van der Waals surface area contributed by atoms with Crippen LogP contribution in [0, 0.1) is 6.92 Å². The molecular formula is C30H34N4O7S. The Morgan fingerprint density at radius 3 is 2.57 bits per heavy atom. The SMILES string of the molecule is COc1ccccc1C(Cn1nc(C(C)(C)C(=O)O)c(=O)c2c(C)c(-c3ncco3)sc21)OC1CCN(C(C)=O)CC1. The van der Waals surface area contributed by atoms with Gasteiger partial charge in [-0.05, 0) is 45.2 Å². The van der Waals surface area contributed by atoms with Crippen LogP contribution in [0.5, 0.6) is 5.75 Å². The van der Waals surface area contributed by atoms with E-state index in [1.807, 2.05) is 29.2 Å². The minimum atomic E-state index is -1.55. The highest BCUT2D eigenvalue weighted by Crippen LogP contribution is 2.38. The summed E-state index contributed by atoms with van der Waals surface area (Å²) in [6.45, 7) is 7.69. The van der Waals surface area contributed by atoms with Gasteiger partial charge in [-0.2, -0.15) is 5.10 Å². The number of thiophene rings is 1. The first-order chi connectivity index (χ1) is 20.0. The number of aryl methyl sites for hydroxylation is 1. The van der Waals surface area contributed by atoms with E-state index < -0.39 is 22.9 Å². The van der Waals surface area contributed by atoms with E-state index in [0.29, 0.717) is 58.2 Å². The Balaban J connectivity index is 1.65. The number of para-hydroxylation sites is 1. The van der Waals surface area contributed by atoms with E-state index in [-0.39, 0.29) is 24.2 Å². The number of methoxy groups -OCH3 is 1. The number of benzene rings is 1. The number of oxazole rings is 1. The van der Waals surface area contributed by atoms with Crippen LogP contribution in [0.4, 0.5) is 0 Å². The maximum Gasteiger partial charge on any atom is 0.315 e. The predicted molar refractivity (Wildman–Crippen MR) is 157 cm³/mol. The molecule has 0 aliphatic carbocycles. The minimum Gasteiger partial charge on any atom is -0.496 e. The number of carboxylic acid groups (broad SMARTS) is 1. The molecule has 12 heteroatoms. The zero-order valence-electron chi connectivity index (χ0n) is 24.2.